The van der Waals surface area contributed by atoms with Gasteiger partial charge in [0.15, 0.2) is 11.5 Å². The molecular weight excluding hydrogens is 284 g/mol. The Morgan fingerprint density at radius 3 is 2.82 bits per heavy atom. The molecule has 2 aliphatic heterocycles. The lowest BCUT2D eigenvalue weighted by atomic mass is 10.1. The maximum atomic E-state index is 12.5. The summed E-state index contributed by atoms with van der Waals surface area (Å²) in [7, 11) is 0. The van der Waals surface area contributed by atoms with Gasteiger partial charge >= 0.3 is 0 Å². The van der Waals surface area contributed by atoms with Gasteiger partial charge in [-0.05, 0) is 44.0 Å². The number of likely N-dealkylation sites (tertiary alicyclic amines) is 1. The number of carbonyl (C=O) groups is 1. The Labute approximate surface area is 130 Å². The molecule has 1 aromatic rings. The highest BCUT2D eigenvalue weighted by molar-refractivity contribution is 5.95. The third-order valence-electron chi connectivity index (χ3n) is 4.05. The molecule has 0 aromatic heterocycles. The smallest absolute Gasteiger partial charge is 0.253 e. The van der Waals surface area contributed by atoms with Crippen LogP contribution in [0.2, 0.25) is 0 Å². The standard InChI is InChI=1S/C16H22N2O4/c17-6-1-9-20-13-4-7-18(8-5-13)16(19)12-2-3-14-15(10-12)22-11-21-14/h2-3,10,13H,1,4-9,11,17H2. The largest absolute Gasteiger partial charge is 0.454 e. The van der Waals surface area contributed by atoms with E-state index < -0.39 is 0 Å². The Balaban J connectivity index is 1.53. The maximum absolute atomic E-state index is 12.5. The van der Waals surface area contributed by atoms with Crippen LogP contribution in [0.4, 0.5) is 0 Å². The Morgan fingerprint density at radius 1 is 1.27 bits per heavy atom. The minimum Gasteiger partial charge on any atom is -0.454 e. The van der Waals surface area contributed by atoms with Crippen molar-refractivity contribution in [2.24, 2.45) is 5.73 Å². The van der Waals surface area contributed by atoms with Crippen molar-refractivity contribution in [2.45, 2.75) is 25.4 Å². The molecule has 6 heteroatoms. The van der Waals surface area contributed by atoms with Gasteiger partial charge in [-0.2, -0.15) is 0 Å². The fraction of sp³-hybridized carbons (Fsp3) is 0.562. The van der Waals surface area contributed by atoms with Crippen molar-refractivity contribution in [1.29, 1.82) is 0 Å². The van der Waals surface area contributed by atoms with Crippen molar-refractivity contribution in [3.63, 3.8) is 0 Å². The van der Waals surface area contributed by atoms with Crippen LogP contribution in [0.5, 0.6) is 11.5 Å². The van der Waals surface area contributed by atoms with Crippen LogP contribution in [-0.4, -0.2) is 49.9 Å². The molecule has 1 amide bonds. The van der Waals surface area contributed by atoms with E-state index in [1.807, 2.05) is 4.90 Å². The second-order valence-electron chi connectivity index (χ2n) is 5.57. The van der Waals surface area contributed by atoms with E-state index in [1.165, 1.54) is 0 Å². The molecule has 2 N–H and O–H groups in total. The lowest BCUT2D eigenvalue weighted by Crippen LogP contribution is -2.41. The third kappa shape index (κ3) is 3.34. The summed E-state index contributed by atoms with van der Waals surface area (Å²) in [5.74, 6) is 1.38. The molecule has 6 nitrogen and oxygen atoms in total. The number of fused-ring (bicyclic) bond motifs is 1. The highest BCUT2D eigenvalue weighted by Crippen LogP contribution is 2.33. The number of amides is 1. The molecule has 2 aliphatic rings. The number of hydrogen-bond acceptors (Lipinski definition) is 5. The Bertz CT molecular complexity index is 527. The SMILES string of the molecule is NCCCOC1CCN(C(=O)c2ccc3c(c2)OCO3)CC1. The van der Waals surface area contributed by atoms with Gasteiger partial charge < -0.3 is 24.8 Å². The monoisotopic (exact) mass is 306 g/mol. The number of piperidine rings is 1. The molecule has 0 aliphatic carbocycles. The van der Waals surface area contributed by atoms with Crippen LogP contribution in [0, 0.1) is 0 Å². The molecule has 22 heavy (non-hydrogen) atoms. The Kier molecular flexibility index (Phi) is 4.80. The second-order valence-corrected chi connectivity index (χ2v) is 5.57. The highest BCUT2D eigenvalue weighted by atomic mass is 16.7. The van der Waals surface area contributed by atoms with Crippen molar-refractivity contribution in [1.82, 2.24) is 4.90 Å². The number of hydrogen-bond donors (Lipinski definition) is 1. The topological polar surface area (TPSA) is 74.0 Å². The van der Waals surface area contributed by atoms with E-state index in [0.717, 1.165) is 32.4 Å². The molecule has 3 rings (SSSR count). The number of carbonyl (C=O) groups excluding carboxylic acids is 1. The van der Waals surface area contributed by atoms with E-state index in [9.17, 15) is 4.79 Å². The van der Waals surface area contributed by atoms with E-state index in [-0.39, 0.29) is 18.8 Å². The van der Waals surface area contributed by atoms with Gasteiger partial charge in [0.05, 0.1) is 6.10 Å². The molecule has 0 bridgehead atoms. The van der Waals surface area contributed by atoms with Crippen LogP contribution in [-0.2, 0) is 4.74 Å². The molecule has 0 saturated carbocycles. The quantitative estimate of drug-likeness (QED) is 0.832. The molecule has 1 aromatic carbocycles. The Morgan fingerprint density at radius 2 is 2.05 bits per heavy atom. The summed E-state index contributed by atoms with van der Waals surface area (Å²) in [6, 6.07) is 5.34. The van der Waals surface area contributed by atoms with E-state index >= 15 is 0 Å². The zero-order valence-electron chi connectivity index (χ0n) is 12.6. The fourth-order valence-electron chi connectivity index (χ4n) is 2.77. The zero-order chi connectivity index (χ0) is 15.4. The lowest BCUT2D eigenvalue weighted by Gasteiger charge is -2.32. The number of ether oxygens (including phenoxy) is 3. The first-order valence-corrected chi connectivity index (χ1v) is 7.78. The van der Waals surface area contributed by atoms with E-state index in [4.69, 9.17) is 19.9 Å². The first-order valence-electron chi connectivity index (χ1n) is 7.78. The van der Waals surface area contributed by atoms with Crippen molar-refractivity contribution in [2.75, 3.05) is 33.0 Å². The molecule has 0 unspecified atom stereocenters. The highest BCUT2D eigenvalue weighted by Gasteiger charge is 2.25. The maximum Gasteiger partial charge on any atom is 0.253 e. The van der Waals surface area contributed by atoms with Gasteiger partial charge in [-0.25, -0.2) is 0 Å². The average molecular weight is 306 g/mol. The summed E-state index contributed by atoms with van der Waals surface area (Å²) in [6.07, 6.45) is 2.88. The van der Waals surface area contributed by atoms with Gasteiger partial charge in [-0.1, -0.05) is 0 Å². The lowest BCUT2D eigenvalue weighted by molar-refractivity contribution is 0.00844. The number of nitrogens with zero attached hydrogens (tertiary/aromatic N) is 1. The van der Waals surface area contributed by atoms with Crippen molar-refractivity contribution >= 4 is 5.91 Å². The number of benzene rings is 1. The van der Waals surface area contributed by atoms with E-state index in [1.54, 1.807) is 18.2 Å². The average Bonchev–Trinajstić information content (AvgIpc) is 3.02. The summed E-state index contributed by atoms with van der Waals surface area (Å²) >= 11 is 0. The van der Waals surface area contributed by atoms with Gasteiger partial charge in [0.2, 0.25) is 6.79 Å². The summed E-state index contributed by atoms with van der Waals surface area (Å²) in [4.78, 5) is 14.4. The summed E-state index contributed by atoms with van der Waals surface area (Å²) in [6.45, 7) is 3.03. The number of nitrogens with two attached hydrogens (primary N) is 1. The van der Waals surface area contributed by atoms with Crippen LogP contribution in [0.1, 0.15) is 29.6 Å². The summed E-state index contributed by atoms with van der Waals surface area (Å²) < 4.78 is 16.4. The molecule has 1 saturated heterocycles. The molecule has 0 atom stereocenters. The van der Waals surface area contributed by atoms with Gasteiger partial charge in [-0.15, -0.1) is 0 Å². The first kappa shape index (κ1) is 15.1. The third-order valence-corrected chi connectivity index (χ3v) is 4.05. The predicted molar refractivity (Wildman–Crippen MR) is 81.1 cm³/mol. The number of rotatable bonds is 5. The van der Waals surface area contributed by atoms with Crippen molar-refractivity contribution < 1.29 is 19.0 Å². The van der Waals surface area contributed by atoms with Crippen molar-refractivity contribution in [3.8, 4) is 11.5 Å². The van der Waals surface area contributed by atoms with Crippen LogP contribution < -0.4 is 15.2 Å². The van der Waals surface area contributed by atoms with Gasteiger partial charge in [0.25, 0.3) is 5.91 Å². The van der Waals surface area contributed by atoms with Crippen LogP contribution in [0.15, 0.2) is 18.2 Å². The molecule has 1 fully saturated rings. The Hall–Kier alpha value is -1.79. The molecular formula is C16H22N2O4. The van der Waals surface area contributed by atoms with E-state index in [2.05, 4.69) is 0 Å². The minimum absolute atomic E-state index is 0.0405. The van der Waals surface area contributed by atoms with E-state index in [0.29, 0.717) is 30.2 Å². The van der Waals surface area contributed by atoms with Crippen molar-refractivity contribution in [3.05, 3.63) is 23.8 Å². The summed E-state index contributed by atoms with van der Waals surface area (Å²) in [5, 5.41) is 0. The van der Waals surface area contributed by atoms with Crippen LogP contribution in [0.25, 0.3) is 0 Å². The zero-order valence-corrected chi connectivity index (χ0v) is 12.6. The summed E-state index contributed by atoms with van der Waals surface area (Å²) in [5.41, 5.74) is 6.10. The molecule has 2 heterocycles. The second kappa shape index (κ2) is 6.98. The molecule has 0 radical (unpaired) electrons. The van der Waals surface area contributed by atoms with Crippen LogP contribution in [0.3, 0.4) is 0 Å². The predicted octanol–water partition coefficient (Wildman–Crippen LogP) is 1.39. The fourth-order valence-corrected chi connectivity index (χ4v) is 2.77. The van der Waals surface area contributed by atoms with Gasteiger partial charge in [-0.3, -0.25) is 4.79 Å². The first-order chi connectivity index (χ1) is 10.8. The van der Waals surface area contributed by atoms with Gasteiger partial charge in [0, 0.05) is 25.3 Å². The normalized spacial score (nSPS) is 17.8. The minimum atomic E-state index is 0.0405. The molecule has 120 valence electrons. The van der Waals surface area contributed by atoms with Crippen LogP contribution >= 0.6 is 0 Å². The van der Waals surface area contributed by atoms with Gasteiger partial charge in [0.1, 0.15) is 0 Å². The molecule has 0 spiro atoms.